The van der Waals surface area contributed by atoms with Crippen LogP contribution in [0.5, 0.6) is 0 Å². The van der Waals surface area contributed by atoms with E-state index in [1.54, 1.807) is 0 Å². The highest BCUT2D eigenvalue weighted by atomic mass is 16.6. The number of carbonyl (C=O) groups is 2. The summed E-state index contributed by atoms with van der Waals surface area (Å²) >= 11 is 0. The molecular formula is C16H31NO4. The third-order valence-corrected chi connectivity index (χ3v) is 2.69. The van der Waals surface area contributed by atoms with Crippen LogP contribution in [0.25, 0.3) is 0 Å². The second-order valence-electron chi connectivity index (χ2n) is 6.06. The molecule has 5 nitrogen and oxygen atoms in total. The summed E-state index contributed by atoms with van der Waals surface area (Å²) in [5.74, 6) is -0.249. The monoisotopic (exact) mass is 301 g/mol. The van der Waals surface area contributed by atoms with E-state index in [4.69, 9.17) is 9.47 Å². The van der Waals surface area contributed by atoms with Gasteiger partial charge in [-0.1, -0.05) is 6.42 Å². The molecule has 0 aliphatic heterocycles. The molecule has 0 aromatic carbocycles. The Morgan fingerprint density at radius 3 is 2.14 bits per heavy atom. The maximum absolute atomic E-state index is 11.5. The Labute approximate surface area is 128 Å². The van der Waals surface area contributed by atoms with E-state index in [9.17, 15) is 9.59 Å². The fourth-order valence-corrected chi connectivity index (χ4v) is 1.80. The molecule has 0 radical (unpaired) electrons. The minimum atomic E-state index is -0.399. The molecule has 0 amide bonds. The zero-order valence-corrected chi connectivity index (χ0v) is 14.0. The van der Waals surface area contributed by atoms with Crippen LogP contribution in [0.4, 0.5) is 0 Å². The van der Waals surface area contributed by atoms with Gasteiger partial charge in [0.05, 0.1) is 6.61 Å². The molecule has 0 aliphatic carbocycles. The molecule has 0 aromatic rings. The Morgan fingerprint density at radius 1 is 0.905 bits per heavy atom. The first-order valence-electron chi connectivity index (χ1n) is 7.93. The summed E-state index contributed by atoms with van der Waals surface area (Å²) in [6.45, 7) is 9.63. The van der Waals surface area contributed by atoms with E-state index in [0.29, 0.717) is 19.4 Å². The Kier molecular flexibility index (Phi) is 10.9. The Balaban J connectivity index is 3.30. The lowest BCUT2D eigenvalue weighted by Crippen LogP contribution is -2.24. The van der Waals surface area contributed by atoms with Crippen molar-refractivity contribution in [2.24, 2.45) is 0 Å². The van der Waals surface area contributed by atoms with E-state index in [-0.39, 0.29) is 11.9 Å². The summed E-state index contributed by atoms with van der Waals surface area (Å²) in [6.07, 6.45) is 4.67. The van der Waals surface area contributed by atoms with E-state index in [0.717, 1.165) is 38.8 Å². The first-order valence-corrected chi connectivity index (χ1v) is 7.93. The SMILES string of the molecule is CCOC(=O)CCCCCNCCCC(=O)OC(C)(C)C. The van der Waals surface area contributed by atoms with E-state index >= 15 is 0 Å². The van der Waals surface area contributed by atoms with Gasteiger partial charge in [0.2, 0.25) is 0 Å². The number of rotatable bonds is 11. The predicted octanol–water partition coefficient (Wildman–Crippen LogP) is 2.82. The summed E-state index contributed by atoms with van der Waals surface area (Å²) in [5.41, 5.74) is -0.399. The molecule has 0 atom stereocenters. The lowest BCUT2D eigenvalue weighted by molar-refractivity contribution is -0.154. The van der Waals surface area contributed by atoms with Crippen molar-refractivity contribution in [1.29, 1.82) is 0 Å². The number of esters is 2. The van der Waals surface area contributed by atoms with E-state index < -0.39 is 5.60 Å². The third kappa shape index (κ3) is 15.1. The van der Waals surface area contributed by atoms with Crippen molar-refractivity contribution >= 4 is 11.9 Å². The molecule has 21 heavy (non-hydrogen) atoms. The number of unbranched alkanes of at least 4 members (excludes halogenated alkanes) is 2. The second-order valence-corrected chi connectivity index (χ2v) is 6.06. The van der Waals surface area contributed by atoms with Crippen molar-refractivity contribution in [2.45, 2.75) is 71.8 Å². The van der Waals surface area contributed by atoms with Gasteiger partial charge in [0.15, 0.2) is 0 Å². The summed E-state index contributed by atoms with van der Waals surface area (Å²) in [4.78, 5) is 22.6. The zero-order valence-electron chi connectivity index (χ0n) is 14.0. The first-order chi connectivity index (χ1) is 9.85. The van der Waals surface area contributed by atoms with E-state index in [2.05, 4.69) is 5.32 Å². The number of carbonyl (C=O) groups excluding carboxylic acids is 2. The summed E-state index contributed by atoms with van der Waals surface area (Å²) in [5, 5.41) is 3.29. The normalized spacial score (nSPS) is 11.2. The quantitative estimate of drug-likeness (QED) is 0.469. The molecule has 0 aliphatic rings. The molecular weight excluding hydrogens is 270 g/mol. The average molecular weight is 301 g/mol. The molecule has 0 spiro atoms. The molecule has 0 unspecified atom stereocenters. The van der Waals surface area contributed by atoms with Crippen molar-refractivity contribution in [2.75, 3.05) is 19.7 Å². The minimum absolute atomic E-state index is 0.109. The van der Waals surface area contributed by atoms with Gasteiger partial charge in [0.1, 0.15) is 5.60 Å². The number of hydrogen-bond donors (Lipinski definition) is 1. The molecule has 0 fully saturated rings. The molecule has 5 heteroatoms. The van der Waals surface area contributed by atoms with Crippen molar-refractivity contribution in [1.82, 2.24) is 5.32 Å². The predicted molar refractivity (Wildman–Crippen MR) is 83.0 cm³/mol. The van der Waals surface area contributed by atoms with Crippen LogP contribution >= 0.6 is 0 Å². The Hall–Kier alpha value is -1.10. The third-order valence-electron chi connectivity index (χ3n) is 2.69. The number of ether oxygens (including phenoxy) is 2. The lowest BCUT2D eigenvalue weighted by Gasteiger charge is -2.19. The van der Waals surface area contributed by atoms with Gasteiger partial charge in [-0.25, -0.2) is 0 Å². The van der Waals surface area contributed by atoms with Gasteiger partial charge in [-0.2, -0.15) is 0 Å². The van der Waals surface area contributed by atoms with Gasteiger partial charge in [0, 0.05) is 12.8 Å². The standard InChI is InChI=1S/C16H31NO4/c1-5-20-14(18)10-7-6-8-12-17-13-9-11-15(19)21-16(2,3)4/h17H,5-13H2,1-4H3. The zero-order chi connectivity index (χ0) is 16.1. The van der Waals surface area contributed by atoms with Gasteiger partial charge >= 0.3 is 11.9 Å². The largest absolute Gasteiger partial charge is 0.466 e. The molecule has 0 heterocycles. The average Bonchev–Trinajstić information content (AvgIpc) is 2.35. The Bertz CT molecular complexity index is 297. The maximum atomic E-state index is 11.5. The highest BCUT2D eigenvalue weighted by Crippen LogP contribution is 2.08. The smallest absolute Gasteiger partial charge is 0.306 e. The molecule has 0 rings (SSSR count). The molecule has 0 aromatic heterocycles. The topological polar surface area (TPSA) is 64.6 Å². The Morgan fingerprint density at radius 2 is 1.52 bits per heavy atom. The van der Waals surface area contributed by atoms with E-state index in [1.165, 1.54) is 0 Å². The fourth-order valence-electron chi connectivity index (χ4n) is 1.80. The highest BCUT2D eigenvalue weighted by molar-refractivity contribution is 5.69. The van der Waals surface area contributed by atoms with E-state index in [1.807, 2.05) is 27.7 Å². The fraction of sp³-hybridized carbons (Fsp3) is 0.875. The molecule has 0 bridgehead atoms. The summed E-state index contributed by atoms with van der Waals surface area (Å²) < 4.78 is 10.1. The van der Waals surface area contributed by atoms with Crippen molar-refractivity contribution < 1.29 is 19.1 Å². The maximum Gasteiger partial charge on any atom is 0.306 e. The van der Waals surface area contributed by atoms with Gasteiger partial charge in [-0.05, 0) is 60.0 Å². The van der Waals surface area contributed by atoms with Crippen LogP contribution in [0.3, 0.4) is 0 Å². The van der Waals surface area contributed by atoms with Crippen molar-refractivity contribution in [3.8, 4) is 0 Å². The van der Waals surface area contributed by atoms with Crippen LogP contribution in [-0.2, 0) is 19.1 Å². The molecule has 124 valence electrons. The van der Waals surface area contributed by atoms with Gasteiger partial charge in [-0.3, -0.25) is 9.59 Å². The summed E-state index contributed by atoms with van der Waals surface area (Å²) in [6, 6.07) is 0. The molecule has 1 N–H and O–H groups in total. The second kappa shape index (κ2) is 11.5. The lowest BCUT2D eigenvalue weighted by atomic mass is 10.2. The van der Waals surface area contributed by atoms with Crippen LogP contribution in [-0.4, -0.2) is 37.2 Å². The molecule has 0 saturated heterocycles. The molecule has 0 saturated carbocycles. The number of hydrogen-bond acceptors (Lipinski definition) is 5. The summed E-state index contributed by atoms with van der Waals surface area (Å²) in [7, 11) is 0. The van der Waals surface area contributed by atoms with Gasteiger partial charge in [-0.15, -0.1) is 0 Å². The van der Waals surface area contributed by atoms with Gasteiger partial charge in [0.25, 0.3) is 0 Å². The van der Waals surface area contributed by atoms with Crippen LogP contribution in [0.2, 0.25) is 0 Å². The van der Waals surface area contributed by atoms with Gasteiger partial charge < -0.3 is 14.8 Å². The van der Waals surface area contributed by atoms with Crippen molar-refractivity contribution in [3.05, 3.63) is 0 Å². The highest BCUT2D eigenvalue weighted by Gasteiger charge is 2.15. The number of nitrogens with one attached hydrogen (secondary N) is 1. The van der Waals surface area contributed by atoms with Crippen LogP contribution in [0.1, 0.15) is 66.2 Å². The first kappa shape index (κ1) is 19.9. The van der Waals surface area contributed by atoms with Crippen LogP contribution in [0.15, 0.2) is 0 Å². The van der Waals surface area contributed by atoms with Crippen LogP contribution < -0.4 is 5.32 Å². The van der Waals surface area contributed by atoms with Crippen molar-refractivity contribution in [3.63, 3.8) is 0 Å². The van der Waals surface area contributed by atoms with Crippen LogP contribution in [0, 0.1) is 0 Å². The minimum Gasteiger partial charge on any atom is -0.466 e.